The second kappa shape index (κ2) is 3.77. The van der Waals surface area contributed by atoms with Gasteiger partial charge in [0.1, 0.15) is 0 Å². The summed E-state index contributed by atoms with van der Waals surface area (Å²) < 4.78 is 0. The Labute approximate surface area is 78.9 Å². The minimum absolute atomic E-state index is 0.803. The standard InChI is InChI=1S/C11H13Cl/c1-4-8(2)11-7-10(12)6-5-9(11)3/h4-7H,1-3H3. The SMILES string of the molecule is CC=C(C)c1cc(Cl)ccc1C. The van der Waals surface area contributed by atoms with Gasteiger partial charge in [-0.05, 0) is 49.6 Å². The summed E-state index contributed by atoms with van der Waals surface area (Å²) in [5, 5.41) is 0.803. The van der Waals surface area contributed by atoms with Gasteiger partial charge < -0.3 is 0 Å². The van der Waals surface area contributed by atoms with Crippen LogP contribution in [0.5, 0.6) is 0 Å². The van der Waals surface area contributed by atoms with Gasteiger partial charge in [0.25, 0.3) is 0 Å². The minimum Gasteiger partial charge on any atom is -0.0843 e. The van der Waals surface area contributed by atoms with Gasteiger partial charge in [-0.3, -0.25) is 0 Å². The van der Waals surface area contributed by atoms with Gasteiger partial charge in [-0.1, -0.05) is 23.7 Å². The van der Waals surface area contributed by atoms with Crippen LogP contribution in [0.2, 0.25) is 5.02 Å². The molecule has 1 aromatic carbocycles. The van der Waals surface area contributed by atoms with Crippen molar-refractivity contribution < 1.29 is 0 Å². The molecular weight excluding hydrogens is 168 g/mol. The van der Waals surface area contributed by atoms with E-state index in [4.69, 9.17) is 11.6 Å². The van der Waals surface area contributed by atoms with E-state index in [9.17, 15) is 0 Å². The third-order valence-corrected chi connectivity index (χ3v) is 2.29. The Morgan fingerprint density at radius 3 is 2.67 bits per heavy atom. The third-order valence-electron chi connectivity index (χ3n) is 2.06. The van der Waals surface area contributed by atoms with E-state index in [0.717, 1.165) is 5.02 Å². The van der Waals surface area contributed by atoms with Crippen molar-refractivity contribution >= 4 is 17.2 Å². The summed E-state index contributed by atoms with van der Waals surface area (Å²) in [4.78, 5) is 0. The molecule has 0 bridgehead atoms. The topological polar surface area (TPSA) is 0 Å². The van der Waals surface area contributed by atoms with E-state index in [1.54, 1.807) is 0 Å². The highest BCUT2D eigenvalue weighted by Gasteiger charge is 1.99. The van der Waals surface area contributed by atoms with Crippen LogP contribution in [0.15, 0.2) is 24.3 Å². The molecule has 0 atom stereocenters. The molecule has 0 saturated carbocycles. The summed E-state index contributed by atoms with van der Waals surface area (Å²) in [6.45, 7) is 6.23. The molecule has 0 fully saturated rings. The van der Waals surface area contributed by atoms with Crippen molar-refractivity contribution in [3.63, 3.8) is 0 Å². The fourth-order valence-electron chi connectivity index (χ4n) is 1.17. The van der Waals surface area contributed by atoms with E-state index in [0.29, 0.717) is 0 Å². The molecule has 0 amide bonds. The first-order valence-corrected chi connectivity index (χ1v) is 4.42. The average molecular weight is 181 g/mol. The lowest BCUT2D eigenvalue weighted by atomic mass is 10.0. The first-order valence-electron chi connectivity index (χ1n) is 4.04. The Balaban J connectivity index is 3.23. The summed E-state index contributed by atoms with van der Waals surface area (Å²) >= 11 is 5.89. The van der Waals surface area contributed by atoms with E-state index in [2.05, 4.69) is 19.9 Å². The highest BCUT2D eigenvalue weighted by Crippen LogP contribution is 2.22. The quantitative estimate of drug-likeness (QED) is 0.611. The lowest BCUT2D eigenvalue weighted by Crippen LogP contribution is -1.84. The van der Waals surface area contributed by atoms with Crippen molar-refractivity contribution in [2.24, 2.45) is 0 Å². The molecule has 0 unspecified atom stereocenters. The molecular formula is C11H13Cl. The second-order valence-corrected chi connectivity index (χ2v) is 3.37. The van der Waals surface area contributed by atoms with Crippen molar-refractivity contribution in [1.29, 1.82) is 0 Å². The summed E-state index contributed by atoms with van der Waals surface area (Å²) in [6.07, 6.45) is 2.10. The molecule has 0 heterocycles. The van der Waals surface area contributed by atoms with Crippen LogP contribution in [-0.4, -0.2) is 0 Å². The number of aryl methyl sites for hydroxylation is 1. The zero-order valence-electron chi connectivity index (χ0n) is 7.69. The van der Waals surface area contributed by atoms with Crippen LogP contribution in [-0.2, 0) is 0 Å². The van der Waals surface area contributed by atoms with E-state index in [1.807, 2.05) is 25.1 Å². The summed E-state index contributed by atoms with van der Waals surface area (Å²) in [5.41, 5.74) is 3.79. The van der Waals surface area contributed by atoms with Crippen molar-refractivity contribution in [2.75, 3.05) is 0 Å². The molecule has 0 aliphatic rings. The highest BCUT2D eigenvalue weighted by molar-refractivity contribution is 6.30. The number of rotatable bonds is 1. The molecule has 0 aliphatic carbocycles. The average Bonchev–Trinajstić information content (AvgIpc) is 2.08. The fraction of sp³-hybridized carbons (Fsp3) is 0.273. The zero-order valence-corrected chi connectivity index (χ0v) is 8.44. The molecule has 0 saturated heterocycles. The molecule has 0 spiro atoms. The Kier molecular flexibility index (Phi) is 2.93. The van der Waals surface area contributed by atoms with Crippen LogP contribution in [0.3, 0.4) is 0 Å². The monoisotopic (exact) mass is 180 g/mol. The van der Waals surface area contributed by atoms with Crippen LogP contribution in [0.25, 0.3) is 5.57 Å². The predicted molar refractivity (Wildman–Crippen MR) is 55.5 cm³/mol. The molecule has 0 aliphatic heterocycles. The summed E-state index contributed by atoms with van der Waals surface area (Å²) in [6, 6.07) is 5.97. The Hall–Kier alpha value is -0.750. The minimum atomic E-state index is 0.803. The predicted octanol–water partition coefficient (Wildman–Crippen LogP) is 4.07. The van der Waals surface area contributed by atoms with Gasteiger partial charge in [-0.25, -0.2) is 0 Å². The van der Waals surface area contributed by atoms with E-state index < -0.39 is 0 Å². The lowest BCUT2D eigenvalue weighted by Gasteiger charge is -2.05. The van der Waals surface area contributed by atoms with Crippen LogP contribution >= 0.6 is 11.6 Å². The summed E-state index contributed by atoms with van der Waals surface area (Å²) in [7, 11) is 0. The Bertz CT molecular complexity index is 311. The van der Waals surface area contributed by atoms with E-state index >= 15 is 0 Å². The van der Waals surface area contributed by atoms with Gasteiger partial charge >= 0.3 is 0 Å². The third kappa shape index (κ3) is 1.89. The van der Waals surface area contributed by atoms with Crippen LogP contribution < -0.4 is 0 Å². The Morgan fingerprint density at radius 1 is 1.42 bits per heavy atom. The maximum Gasteiger partial charge on any atom is 0.0412 e. The smallest absolute Gasteiger partial charge is 0.0412 e. The van der Waals surface area contributed by atoms with E-state index in [1.165, 1.54) is 16.7 Å². The van der Waals surface area contributed by atoms with Gasteiger partial charge in [-0.2, -0.15) is 0 Å². The fourth-order valence-corrected chi connectivity index (χ4v) is 1.35. The second-order valence-electron chi connectivity index (χ2n) is 2.93. The molecule has 0 aromatic heterocycles. The highest BCUT2D eigenvalue weighted by atomic mass is 35.5. The number of benzene rings is 1. The first-order chi connectivity index (χ1) is 5.65. The normalized spacial score (nSPS) is 11.8. The number of hydrogen-bond acceptors (Lipinski definition) is 0. The van der Waals surface area contributed by atoms with Gasteiger partial charge in [0, 0.05) is 5.02 Å². The van der Waals surface area contributed by atoms with Crippen LogP contribution in [0, 0.1) is 6.92 Å². The van der Waals surface area contributed by atoms with Crippen LogP contribution in [0.4, 0.5) is 0 Å². The Morgan fingerprint density at radius 2 is 2.08 bits per heavy atom. The van der Waals surface area contributed by atoms with E-state index in [-0.39, 0.29) is 0 Å². The maximum atomic E-state index is 5.89. The van der Waals surface area contributed by atoms with Crippen molar-refractivity contribution in [3.05, 3.63) is 40.4 Å². The molecule has 1 heteroatoms. The first kappa shape index (κ1) is 9.34. The number of hydrogen-bond donors (Lipinski definition) is 0. The molecule has 0 N–H and O–H groups in total. The van der Waals surface area contributed by atoms with Gasteiger partial charge in [0.15, 0.2) is 0 Å². The van der Waals surface area contributed by atoms with Gasteiger partial charge in [0.2, 0.25) is 0 Å². The molecule has 64 valence electrons. The molecule has 12 heavy (non-hydrogen) atoms. The largest absolute Gasteiger partial charge is 0.0843 e. The molecule has 0 nitrogen and oxygen atoms in total. The van der Waals surface area contributed by atoms with Crippen molar-refractivity contribution in [1.82, 2.24) is 0 Å². The van der Waals surface area contributed by atoms with Crippen molar-refractivity contribution in [2.45, 2.75) is 20.8 Å². The van der Waals surface area contributed by atoms with Crippen LogP contribution in [0.1, 0.15) is 25.0 Å². The molecule has 1 aromatic rings. The van der Waals surface area contributed by atoms with Crippen molar-refractivity contribution in [3.8, 4) is 0 Å². The van der Waals surface area contributed by atoms with Gasteiger partial charge in [-0.15, -0.1) is 0 Å². The molecule has 0 radical (unpaired) electrons. The zero-order chi connectivity index (χ0) is 9.14. The van der Waals surface area contributed by atoms with Gasteiger partial charge in [0.05, 0.1) is 0 Å². The maximum absolute atomic E-state index is 5.89. The lowest BCUT2D eigenvalue weighted by molar-refractivity contribution is 1.40. The molecule has 1 rings (SSSR count). The summed E-state index contributed by atoms with van der Waals surface area (Å²) in [5.74, 6) is 0. The number of allylic oxidation sites excluding steroid dienone is 2. The number of halogens is 1.